The van der Waals surface area contributed by atoms with E-state index >= 15 is 4.39 Å². The van der Waals surface area contributed by atoms with Crippen molar-refractivity contribution in [1.82, 2.24) is 77.3 Å². The van der Waals surface area contributed by atoms with Crippen LogP contribution in [-0.4, -0.2) is 130 Å². The molecule has 8 fully saturated rings. The highest BCUT2D eigenvalue weighted by Gasteiger charge is 2.41. The maximum atomic E-state index is 15.7. The minimum atomic E-state index is -0.917. The van der Waals surface area contributed by atoms with E-state index in [-0.39, 0.29) is 56.4 Å². The van der Waals surface area contributed by atoms with Gasteiger partial charge in [0.15, 0.2) is 11.6 Å². The minimum Gasteiger partial charge on any atom is -0.356 e. The number of benzene rings is 8. The molecule has 8 aromatic heterocycles. The summed E-state index contributed by atoms with van der Waals surface area (Å²) >= 11 is 6.72. The third-order valence-corrected chi connectivity index (χ3v) is 30.7. The van der Waals surface area contributed by atoms with E-state index in [0.717, 1.165) is 133 Å². The van der Waals surface area contributed by atoms with Crippen LogP contribution in [0.15, 0.2) is 196 Å². The van der Waals surface area contributed by atoms with Gasteiger partial charge in [0.05, 0.1) is 76.7 Å². The predicted molar refractivity (Wildman–Crippen MR) is 543 cm³/mol. The van der Waals surface area contributed by atoms with E-state index in [1.165, 1.54) is 133 Å². The minimum absolute atomic E-state index is 0.00807. The van der Waals surface area contributed by atoms with E-state index in [1.54, 1.807) is 91.1 Å². The van der Waals surface area contributed by atoms with Crippen LogP contribution in [0.5, 0.6) is 0 Å². The maximum absolute atomic E-state index is 15.7. The lowest BCUT2D eigenvalue weighted by molar-refractivity contribution is 0.320. The van der Waals surface area contributed by atoms with Crippen LogP contribution in [0.2, 0.25) is 5.02 Å². The van der Waals surface area contributed by atoms with Gasteiger partial charge < -0.3 is 19.6 Å². The lowest BCUT2D eigenvalue weighted by Crippen LogP contribution is -2.41. The van der Waals surface area contributed by atoms with Crippen molar-refractivity contribution in [2.45, 2.75) is 110 Å². The molecule has 4 saturated heterocycles. The molecule has 4 aliphatic heterocycles. The van der Waals surface area contributed by atoms with Gasteiger partial charge in [-0.15, -0.1) is 0 Å². The van der Waals surface area contributed by atoms with Gasteiger partial charge in [0.2, 0.25) is 28.6 Å². The van der Waals surface area contributed by atoms with Gasteiger partial charge in [-0.1, -0.05) is 111 Å². The van der Waals surface area contributed by atoms with Gasteiger partial charge in [0.25, 0.3) is 22.2 Å². The molecular formula is C109H100ClF5N24O4. The van der Waals surface area contributed by atoms with Crippen molar-refractivity contribution >= 4 is 101 Å². The van der Waals surface area contributed by atoms with Gasteiger partial charge in [-0.25, -0.2) is 56.9 Å². The van der Waals surface area contributed by atoms with Crippen molar-refractivity contribution in [2.24, 2.45) is 75.5 Å². The van der Waals surface area contributed by atoms with Crippen molar-refractivity contribution < 1.29 is 22.0 Å². The molecule has 8 aromatic carbocycles. The molecule has 8 aliphatic rings. The Bertz CT molecular complexity index is 7680. The van der Waals surface area contributed by atoms with Crippen LogP contribution in [0.3, 0.4) is 0 Å². The van der Waals surface area contributed by atoms with E-state index in [0.29, 0.717) is 122 Å². The molecule has 24 rings (SSSR count). The second kappa shape index (κ2) is 38.7. The Morgan fingerprint density at radius 2 is 0.615 bits per heavy atom. The molecule has 722 valence electrons. The zero-order valence-corrected chi connectivity index (χ0v) is 80.2. The average molecular weight is 1940 g/mol. The summed E-state index contributed by atoms with van der Waals surface area (Å²) in [5.74, 6) is 4.57. The van der Waals surface area contributed by atoms with Crippen LogP contribution >= 0.6 is 11.6 Å². The van der Waals surface area contributed by atoms with Crippen LogP contribution in [0.4, 0.5) is 68.0 Å². The number of fused-ring (bicyclic) bond motifs is 8. The summed E-state index contributed by atoms with van der Waals surface area (Å²) in [5.41, 5.74) is 5.60. The Morgan fingerprint density at radius 1 is 0.322 bits per heavy atom. The molecule has 12 heterocycles. The normalized spacial score (nSPS) is 19.5. The molecule has 143 heavy (non-hydrogen) atoms. The average Bonchev–Trinajstić information content (AvgIpc) is 1.75. The van der Waals surface area contributed by atoms with Crippen LogP contribution in [0, 0.1) is 110 Å². The Kier molecular flexibility index (Phi) is 25.3. The van der Waals surface area contributed by atoms with Crippen molar-refractivity contribution in [1.29, 1.82) is 0 Å². The van der Waals surface area contributed by atoms with Crippen molar-refractivity contribution in [2.75, 3.05) is 72.0 Å². The summed E-state index contributed by atoms with van der Waals surface area (Å²) in [6.07, 6.45) is 26.4. The topological polar surface area (TPSA) is 241 Å². The molecule has 0 N–H and O–H groups in total. The summed E-state index contributed by atoms with van der Waals surface area (Å²) in [6, 6.07) is 40.6. The Balaban J connectivity index is 0.000000113. The zero-order valence-electron chi connectivity index (χ0n) is 79.5. The van der Waals surface area contributed by atoms with E-state index in [4.69, 9.17) is 52.8 Å². The monoisotopic (exact) mass is 1940 g/mol. The number of nitrogens with zero attached hydrogens (tertiary/aromatic N) is 24. The fourth-order valence-electron chi connectivity index (χ4n) is 23.2. The Morgan fingerprint density at radius 3 is 0.972 bits per heavy atom. The first kappa shape index (κ1) is 93.6. The fourth-order valence-corrected chi connectivity index (χ4v) is 23.5. The standard InChI is InChI=1S/C28H27FN6O.C27H24ClFN6O.C27H24F2N6O.C27H25FN6O/c1-17-26(34-12-11-18-5-4-6-20(18)16-34)31-27(19-7-9-25(30-2)23(29)14-19)35(28(17)36)22-8-10-24-21(13-22)15-33(3)32-24;1-30-23-8-6-17(13-21(23)29)25-31-26(34-11-10-16-4-3-5-18(16)15-34)24(28)27(36)35(25)20-7-9-22-19(12-20)14-33(2)32-22;1-30-23-8-6-17(13-21(23)28)25-31-26(34-11-10-16-4-3-5-18(16)15-34)24(29)27(36)35(25)20-7-9-22-19(12-20)14-33(2)32-22;1-29-24-8-6-18(13-22(24)28)27-30-25(33-11-10-17-4-3-5-19(17)16-33)14-26(35)34(27)21-7-9-23-20(12-21)15-32(2)31-23/h7-10,13-15,18,20H,4-6,11-12,16H2,1,3H3;2*6-9,12-14,16,18H,3-5,10-11,15H2,2H3;6-9,12-15,17,19H,3-5,10-11,16H2,2H3. The second-order valence-electron chi connectivity index (χ2n) is 39.1. The third-order valence-electron chi connectivity index (χ3n) is 30.3. The third kappa shape index (κ3) is 18.1. The van der Waals surface area contributed by atoms with Crippen molar-refractivity contribution in [3.63, 3.8) is 0 Å². The summed E-state index contributed by atoms with van der Waals surface area (Å²) in [5, 5.41) is 21.1. The quantitative estimate of drug-likeness (QED) is 0.0815. The van der Waals surface area contributed by atoms with Crippen LogP contribution in [0.1, 0.15) is 108 Å². The number of anilines is 4. The molecule has 4 aliphatic carbocycles. The molecule has 16 aromatic rings. The highest BCUT2D eigenvalue weighted by molar-refractivity contribution is 6.32. The smallest absolute Gasteiger partial charge is 0.296 e. The molecule has 0 spiro atoms. The molecule has 28 nitrogen and oxygen atoms in total. The van der Waals surface area contributed by atoms with E-state index < -0.39 is 40.2 Å². The molecule has 4 saturated carbocycles. The van der Waals surface area contributed by atoms with Crippen LogP contribution in [-0.2, 0) is 28.2 Å². The van der Waals surface area contributed by atoms with E-state index in [9.17, 15) is 36.7 Å². The summed E-state index contributed by atoms with van der Waals surface area (Å²) in [6.45, 7) is 36.9. The maximum Gasteiger partial charge on any atom is 0.296 e. The largest absolute Gasteiger partial charge is 0.356 e. The van der Waals surface area contributed by atoms with E-state index in [2.05, 4.69) is 59.5 Å². The number of hydrogen-bond acceptors (Lipinski definition) is 16. The molecular weight excluding hydrogens is 1840 g/mol. The molecule has 34 heteroatoms. The summed E-state index contributed by atoms with van der Waals surface area (Å²) in [7, 11) is 7.33. The van der Waals surface area contributed by atoms with E-state index in [1.807, 2.05) is 100 Å². The molecule has 0 amide bonds. The number of rotatable bonds is 12. The number of piperidine rings is 4. The molecule has 0 radical (unpaired) electrons. The zero-order chi connectivity index (χ0) is 99.0. The number of aromatic nitrogens is 16. The lowest BCUT2D eigenvalue weighted by Gasteiger charge is -2.36. The van der Waals surface area contributed by atoms with Crippen molar-refractivity contribution in [3.8, 4) is 68.3 Å². The van der Waals surface area contributed by atoms with Crippen LogP contribution < -0.4 is 41.8 Å². The van der Waals surface area contributed by atoms with Crippen molar-refractivity contribution in [3.05, 3.63) is 303 Å². The second-order valence-corrected chi connectivity index (χ2v) is 39.5. The van der Waals surface area contributed by atoms with Gasteiger partial charge in [0, 0.05) is 155 Å². The first-order valence-corrected chi connectivity index (χ1v) is 49.0. The first-order chi connectivity index (χ1) is 69.3. The molecule has 8 atom stereocenters. The molecule has 8 unspecified atom stereocenters. The van der Waals surface area contributed by atoms with Gasteiger partial charge in [-0.3, -0.25) is 56.2 Å². The number of halogens is 6. The molecule has 0 bridgehead atoms. The Labute approximate surface area is 824 Å². The predicted octanol–water partition coefficient (Wildman–Crippen LogP) is 21.5. The van der Waals surface area contributed by atoms with Gasteiger partial charge in [0.1, 0.15) is 63.2 Å². The first-order valence-electron chi connectivity index (χ1n) is 48.7. The summed E-state index contributed by atoms with van der Waals surface area (Å²) in [4.78, 5) is 95.7. The van der Waals surface area contributed by atoms with Gasteiger partial charge in [-0.2, -0.15) is 24.8 Å². The fraction of sp³-hybridized carbons (Fsp3) is 0.339. The number of hydrogen-bond donors (Lipinski definition) is 0. The van der Waals surface area contributed by atoms with Gasteiger partial charge >= 0.3 is 0 Å². The summed E-state index contributed by atoms with van der Waals surface area (Å²) < 4.78 is 86.9. The SMILES string of the molecule is [C-]#[N+]c1ccc(-c2nc(N3CCC4CCCC4C3)c(C)c(=O)n2-c2ccc3nn(C)cc3c2)cc1F.[C-]#[N+]c1ccc(-c2nc(N3CCC4CCCC4C3)c(Cl)c(=O)n2-c2ccc3nn(C)cc3c2)cc1F.[C-]#[N+]c1ccc(-c2nc(N3CCC4CCCC4C3)c(F)c(=O)n2-c2ccc3nn(C)cc3c2)cc1F.[C-]#[N+]c1ccc(-c2nc(N3CCC4CCCC4C3)cc(=O)n2-c2ccc3nn(C)cc3c2)cc1F. The van der Waals surface area contributed by atoms with Crippen LogP contribution in [0.25, 0.3) is 131 Å². The lowest BCUT2D eigenvalue weighted by atomic mass is 9.88. The highest BCUT2D eigenvalue weighted by atomic mass is 35.5. The Hall–Kier alpha value is -15.7. The van der Waals surface area contributed by atoms with Gasteiger partial charge in [-0.05, 0) is 203 Å². The highest BCUT2D eigenvalue weighted by Crippen LogP contribution is 2.46. The number of aryl methyl sites for hydroxylation is 4.